The monoisotopic (exact) mass is 410 g/mol. The Morgan fingerprint density at radius 1 is 1.21 bits per heavy atom. The van der Waals surface area contributed by atoms with Crippen molar-refractivity contribution >= 4 is 38.5 Å². The van der Waals surface area contributed by atoms with Crippen LogP contribution in [-0.2, 0) is 18.4 Å². The molecular formula is C21H18N2O5S. The van der Waals surface area contributed by atoms with Crippen molar-refractivity contribution in [3.05, 3.63) is 72.4 Å². The van der Waals surface area contributed by atoms with Gasteiger partial charge < -0.3 is 13.7 Å². The predicted octanol–water partition coefficient (Wildman–Crippen LogP) is 3.38. The van der Waals surface area contributed by atoms with Gasteiger partial charge in [-0.1, -0.05) is 12.1 Å². The molecule has 0 bridgehead atoms. The Morgan fingerprint density at radius 2 is 1.97 bits per heavy atom. The topological polar surface area (TPSA) is 91.4 Å². The molecule has 7 nitrogen and oxygen atoms in total. The first kappa shape index (κ1) is 19.1. The molecule has 0 atom stereocenters. The first-order valence-electron chi connectivity index (χ1n) is 8.92. The molecule has 0 aliphatic rings. The fourth-order valence-electron chi connectivity index (χ4n) is 3.26. The second-order valence-corrected chi connectivity index (χ2v) is 7.95. The first-order valence-corrected chi connectivity index (χ1v) is 9.74. The molecule has 0 saturated carbocycles. The van der Waals surface area contributed by atoms with Gasteiger partial charge in [-0.2, -0.15) is 0 Å². The average molecular weight is 410 g/mol. The molecule has 0 saturated heterocycles. The number of aryl methyl sites for hydroxylation is 4. The van der Waals surface area contributed by atoms with Crippen LogP contribution in [0.25, 0.3) is 21.2 Å². The zero-order valence-corrected chi connectivity index (χ0v) is 17.2. The third-order valence-corrected chi connectivity index (χ3v) is 6.25. The van der Waals surface area contributed by atoms with Crippen molar-refractivity contribution in [3.8, 4) is 0 Å². The number of carbonyl (C=O) groups is 1. The van der Waals surface area contributed by atoms with Gasteiger partial charge in [-0.3, -0.25) is 4.79 Å². The van der Waals surface area contributed by atoms with Gasteiger partial charge in [-0.15, -0.1) is 11.3 Å². The molecule has 29 heavy (non-hydrogen) atoms. The second kappa shape index (κ2) is 6.97. The smallest absolute Gasteiger partial charge is 0.349 e. The zero-order chi connectivity index (χ0) is 20.9. The van der Waals surface area contributed by atoms with E-state index in [0.717, 1.165) is 27.8 Å². The van der Waals surface area contributed by atoms with E-state index in [1.54, 1.807) is 14.0 Å². The molecule has 0 radical (unpaired) electrons. The lowest BCUT2D eigenvalue weighted by atomic mass is 10.0. The highest BCUT2D eigenvalue weighted by Gasteiger charge is 2.21. The van der Waals surface area contributed by atoms with E-state index in [2.05, 4.69) is 4.98 Å². The summed E-state index contributed by atoms with van der Waals surface area (Å²) in [7, 11) is 1.61. The van der Waals surface area contributed by atoms with E-state index in [1.165, 1.54) is 17.0 Å². The summed E-state index contributed by atoms with van der Waals surface area (Å²) >= 11 is 1.12. The van der Waals surface area contributed by atoms with Crippen molar-refractivity contribution in [2.24, 2.45) is 7.05 Å². The Kier molecular flexibility index (Phi) is 4.58. The molecule has 8 heteroatoms. The molecule has 0 aliphatic heterocycles. The van der Waals surface area contributed by atoms with E-state index in [9.17, 15) is 14.4 Å². The lowest BCUT2D eigenvalue weighted by Gasteiger charge is -2.09. The molecule has 148 valence electrons. The van der Waals surface area contributed by atoms with Gasteiger partial charge in [0.05, 0.1) is 11.7 Å². The van der Waals surface area contributed by atoms with Crippen LogP contribution in [0, 0.1) is 20.8 Å². The molecular weight excluding hydrogens is 392 g/mol. The van der Waals surface area contributed by atoms with E-state index in [-0.39, 0.29) is 12.2 Å². The Bertz CT molecular complexity index is 1410. The number of fused-ring (bicyclic) bond motifs is 2. The van der Waals surface area contributed by atoms with Crippen LogP contribution >= 0.6 is 11.3 Å². The minimum Gasteiger partial charge on any atom is -0.457 e. The molecule has 0 aliphatic carbocycles. The molecule has 4 aromatic rings. The SMILES string of the molecule is Cc1ccc2c(COC(=O)c3sc4ncn(C)c(=O)c4c3C)cc(=O)oc2c1C. The molecule has 4 rings (SSSR count). The minimum absolute atomic E-state index is 0.0808. The van der Waals surface area contributed by atoms with Gasteiger partial charge in [-0.25, -0.2) is 14.6 Å². The normalized spacial score (nSPS) is 11.3. The van der Waals surface area contributed by atoms with Crippen LogP contribution < -0.4 is 11.2 Å². The summed E-state index contributed by atoms with van der Waals surface area (Å²) in [4.78, 5) is 42.0. The van der Waals surface area contributed by atoms with Crippen LogP contribution in [0.2, 0.25) is 0 Å². The van der Waals surface area contributed by atoms with Crippen LogP contribution in [0.4, 0.5) is 0 Å². The number of ether oxygens (including phenoxy) is 1. The summed E-state index contributed by atoms with van der Waals surface area (Å²) in [6.07, 6.45) is 1.43. The van der Waals surface area contributed by atoms with Gasteiger partial charge >= 0.3 is 11.6 Å². The summed E-state index contributed by atoms with van der Waals surface area (Å²) in [5.41, 5.74) is 2.78. The number of esters is 1. The van der Waals surface area contributed by atoms with Crippen LogP contribution in [0.5, 0.6) is 0 Å². The number of benzene rings is 1. The number of hydrogen-bond acceptors (Lipinski definition) is 7. The van der Waals surface area contributed by atoms with E-state index < -0.39 is 11.6 Å². The van der Waals surface area contributed by atoms with Crippen LogP contribution in [0.15, 0.2) is 38.5 Å². The van der Waals surface area contributed by atoms with Crippen LogP contribution in [-0.4, -0.2) is 15.5 Å². The minimum atomic E-state index is -0.558. The van der Waals surface area contributed by atoms with Crippen molar-refractivity contribution in [2.45, 2.75) is 27.4 Å². The van der Waals surface area contributed by atoms with Crippen molar-refractivity contribution in [3.63, 3.8) is 0 Å². The fourth-order valence-corrected chi connectivity index (χ4v) is 4.29. The number of thiophene rings is 1. The van der Waals surface area contributed by atoms with Gasteiger partial charge in [0.25, 0.3) is 5.56 Å². The van der Waals surface area contributed by atoms with Gasteiger partial charge in [0, 0.05) is 24.1 Å². The summed E-state index contributed by atoms with van der Waals surface area (Å²) in [5.74, 6) is -0.558. The Balaban J connectivity index is 1.69. The molecule has 1 aromatic carbocycles. The molecule has 0 unspecified atom stereocenters. The molecule has 0 spiro atoms. The second-order valence-electron chi connectivity index (χ2n) is 6.95. The van der Waals surface area contributed by atoms with Crippen molar-refractivity contribution in [1.29, 1.82) is 0 Å². The maximum absolute atomic E-state index is 12.7. The highest BCUT2D eigenvalue weighted by molar-refractivity contribution is 7.20. The molecule has 0 amide bonds. The highest BCUT2D eigenvalue weighted by atomic mass is 32.1. The lowest BCUT2D eigenvalue weighted by Crippen LogP contribution is -2.16. The van der Waals surface area contributed by atoms with Crippen LogP contribution in [0.1, 0.15) is 31.9 Å². The predicted molar refractivity (Wildman–Crippen MR) is 111 cm³/mol. The Morgan fingerprint density at radius 3 is 2.72 bits per heavy atom. The first-order chi connectivity index (χ1) is 13.8. The van der Waals surface area contributed by atoms with E-state index in [0.29, 0.717) is 31.8 Å². The van der Waals surface area contributed by atoms with Crippen molar-refractivity contribution < 1.29 is 13.9 Å². The molecule has 3 heterocycles. The number of carbonyl (C=O) groups excluding carboxylic acids is 1. The van der Waals surface area contributed by atoms with Gasteiger partial charge in [0.2, 0.25) is 0 Å². The molecule has 0 N–H and O–H groups in total. The summed E-state index contributed by atoms with van der Waals surface area (Å²) in [6.45, 7) is 5.44. The van der Waals surface area contributed by atoms with Gasteiger partial charge in [0.15, 0.2) is 0 Å². The number of nitrogens with zero attached hydrogens (tertiary/aromatic N) is 2. The quantitative estimate of drug-likeness (QED) is 0.380. The van der Waals surface area contributed by atoms with E-state index >= 15 is 0 Å². The number of rotatable bonds is 3. The Hall–Kier alpha value is -3.26. The fraction of sp³-hybridized carbons (Fsp3) is 0.238. The Labute approximate surface area is 169 Å². The van der Waals surface area contributed by atoms with Crippen molar-refractivity contribution in [1.82, 2.24) is 9.55 Å². The third-order valence-electron chi connectivity index (χ3n) is 5.07. The number of aromatic nitrogens is 2. The van der Waals surface area contributed by atoms with E-state index in [1.807, 2.05) is 26.0 Å². The third kappa shape index (κ3) is 3.15. The maximum atomic E-state index is 12.7. The highest BCUT2D eigenvalue weighted by Crippen LogP contribution is 2.28. The zero-order valence-electron chi connectivity index (χ0n) is 16.4. The molecule has 3 aromatic heterocycles. The standard InChI is InChI=1S/C21H18N2O5S/c1-10-5-6-14-13(7-15(24)28-17(14)11(10)2)8-27-21(26)18-12(3)16-19(29-18)22-9-23(4)20(16)25/h5-7,9H,8H2,1-4H3. The largest absolute Gasteiger partial charge is 0.457 e. The van der Waals surface area contributed by atoms with Gasteiger partial charge in [0.1, 0.15) is 21.9 Å². The van der Waals surface area contributed by atoms with E-state index in [4.69, 9.17) is 9.15 Å². The average Bonchev–Trinajstić information content (AvgIpc) is 3.03. The summed E-state index contributed by atoms with van der Waals surface area (Å²) < 4.78 is 12.2. The summed E-state index contributed by atoms with van der Waals surface area (Å²) in [5, 5.41) is 1.15. The maximum Gasteiger partial charge on any atom is 0.349 e. The summed E-state index contributed by atoms with van der Waals surface area (Å²) in [6, 6.07) is 5.11. The van der Waals surface area contributed by atoms with Crippen LogP contribution in [0.3, 0.4) is 0 Å². The number of hydrogen-bond donors (Lipinski definition) is 0. The van der Waals surface area contributed by atoms with Gasteiger partial charge in [-0.05, 0) is 37.5 Å². The lowest BCUT2D eigenvalue weighted by molar-refractivity contribution is 0.0479. The van der Waals surface area contributed by atoms with Crippen molar-refractivity contribution in [2.75, 3.05) is 0 Å². The molecule has 0 fully saturated rings.